The average molecular weight is 295 g/mol. The SMILES string of the molecule is CCC(=O)Nc1c[nH]c2ccc(-c3cc(C#N)cs3)cc12. The summed E-state index contributed by atoms with van der Waals surface area (Å²) in [6, 6.07) is 10.0. The Morgan fingerprint density at radius 2 is 2.29 bits per heavy atom. The van der Waals surface area contributed by atoms with Crippen molar-refractivity contribution in [1.29, 1.82) is 5.26 Å². The molecule has 5 heteroatoms. The second-order valence-electron chi connectivity index (χ2n) is 4.68. The molecule has 0 saturated carbocycles. The number of hydrogen-bond donors (Lipinski definition) is 2. The van der Waals surface area contributed by atoms with Crippen molar-refractivity contribution in [2.75, 3.05) is 5.32 Å². The van der Waals surface area contributed by atoms with E-state index in [1.807, 2.05) is 36.6 Å². The first-order chi connectivity index (χ1) is 10.2. The van der Waals surface area contributed by atoms with Crippen molar-refractivity contribution in [2.24, 2.45) is 0 Å². The van der Waals surface area contributed by atoms with Gasteiger partial charge >= 0.3 is 0 Å². The summed E-state index contributed by atoms with van der Waals surface area (Å²) in [7, 11) is 0. The van der Waals surface area contributed by atoms with Crippen molar-refractivity contribution in [3.8, 4) is 16.5 Å². The molecule has 0 fully saturated rings. The summed E-state index contributed by atoms with van der Waals surface area (Å²) in [6.07, 6.45) is 2.25. The third-order valence-electron chi connectivity index (χ3n) is 3.29. The van der Waals surface area contributed by atoms with Crippen LogP contribution in [0.15, 0.2) is 35.8 Å². The molecule has 0 radical (unpaired) electrons. The van der Waals surface area contributed by atoms with Crippen LogP contribution in [0, 0.1) is 11.3 Å². The van der Waals surface area contributed by atoms with Crippen LogP contribution in [0.2, 0.25) is 0 Å². The van der Waals surface area contributed by atoms with Crippen LogP contribution >= 0.6 is 11.3 Å². The van der Waals surface area contributed by atoms with Gasteiger partial charge in [0.1, 0.15) is 6.07 Å². The molecule has 1 amide bonds. The molecule has 104 valence electrons. The number of aromatic nitrogens is 1. The number of nitrogens with one attached hydrogen (secondary N) is 2. The van der Waals surface area contributed by atoms with Crippen LogP contribution in [0.3, 0.4) is 0 Å². The maximum atomic E-state index is 11.6. The van der Waals surface area contributed by atoms with Crippen molar-refractivity contribution in [3.05, 3.63) is 41.4 Å². The van der Waals surface area contributed by atoms with E-state index >= 15 is 0 Å². The Morgan fingerprint density at radius 1 is 1.43 bits per heavy atom. The quantitative estimate of drug-likeness (QED) is 0.763. The monoisotopic (exact) mass is 295 g/mol. The molecular weight excluding hydrogens is 282 g/mol. The predicted octanol–water partition coefficient (Wildman–Crippen LogP) is 4.12. The van der Waals surface area contributed by atoms with Gasteiger partial charge in [-0.05, 0) is 23.8 Å². The number of benzene rings is 1. The lowest BCUT2D eigenvalue weighted by Gasteiger charge is -2.03. The van der Waals surface area contributed by atoms with E-state index in [1.54, 1.807) is 17.5 Å². The lowest BCUT2D eigenvalue weighted by Crippen LogP contribution is -2.08. The topological polar surface area (TPSA) is 68.7 Å². The second-order valence-corrected chi connectivity index (χ2v) is 5.59. The minimum Gasteiger partial charge on any atom is -0.359 e. The van der Waals surface area contributed by atoms with Crippen molar-refractivity contribution >= 4 is 33.8 Å². The van der Waals surface area contributed by atoms with Gasteiger partial charge in [-0.3, -0.25) is 4.79 Å². The minimum absolute atomic E-state index is 0.0100. The number of nitrogens with zero attached hydrogens (tertiary/aromatic N) is 1. The highest BCUT2D eigenvalue weighted by Crippen LogP contribution is 2.32. The first-order valence-electron chi connectivity index (χ1n) is 6.61. The number of H-pyrrole nitrogens is 1. The molecule has 0 unspecified atom stereocenters. The van der Waals surface area contributed by atoms with Crippen molar-refractivity contribution in [2.45, 2.75) is 13.3 Å². The maximum Gasteiger partial charge on any atom is 0.224 e. The van der Waals surface area contributed by atoms with Gasteiger partial charge in [-0.2, -0.15) is 5.26 Å². The molecule has 2 N–H and O–H groups in total. The van der Waals surface area contributed by atoms with E-state index in [1.165, 1.54) is 0 Å². The zero-order valence-corrected chi connectivity index (χ0v) is 12.3. The average Bonchev–Trinajstić information content (AvgIpc) is 3.14. The molecule has 0 spiro atoms. The van der Waals surface area contributed by atoms with Crippen LogP contribution in [-0.4, -0.2) is 10.9 Å². The van der Waals surface area contributed by atoms with Gasteiger partial charge in [-0.1, -0.05) is 13.0 Å². The highest BCUT2D eigenvalue weighted by molar-refractivity contribution is 7.13. The summed E-state index contributed by atoms with van der Waals surface area (Å²) in [5.41, 5.74) is 3.47. The molecule has 0 aliphatic carbocycles. The number of thiophene rings is 1. The number of anilines is 1. The first kappa shape index (κ1) is 13.4. The summed E-state index contributed by atoms with van der Waals surface area (Å²) in [4.78, 5) is 15.8. The van der Waals surface area contributed by atoms with Crippen molar-refractivity contribution in [1.82, 2.24) is 4.98 Å². The van der Waals surface area contributed by atoms with Crippen LogP contribution in [0.5, 0.6) is 0 Å². The lowest BCUT2D eigenvalue weighted by atomic mass is 10.1. The maximum absolute atomic E-state index is 11.6. The van der Waals surface area contributed by atoms with Gasteiger partial charge in [0.05, 0.1) is 11.3 Å². The number of aromatic amines is 1. The molecular formula is C16H13N3OS. The van der Waals surface area contributed by atoms with Crippen molar-refractivity contribution < 1.29 is 4.79 Å². The zero-order chi connectivity index (χ0) is 14.8. The molecule has 2 aromatic heterocycles. The van der Waals surface area contributed by atoms with E-state index in [0.717, 1.165) is 27.0 Å². The zero-order valence-electron chi connectivity index (χ0n) is 11.4. The van der Waals surface area contributed by atoms with Gasteiger partial charge in [-0.15, -0.1) is 11.3 Å². The van der Waals surface area contributed by atoms with E-state index in [0.29, 0.717) is 12.0 Å². The number of amides is 1. The summed E-state index contributed by atoms with van der Waals surface area (Å²) in [6.45, 7) is 1.82. The Labute approximate surface area is 126 Å². The van der Waals surface area contributed by atoms with Gasteiger partial charge in [0.2, 0.25) is 5.91 Å². The molecule has 0 aliphatic rings. The smallest absolute Gasteiger partial charge is 0.224 e. The fourth-order valence-corrected chi connectivity index (χ4v) is 2.99. The summed E-state index contributed by atoms with van der Waals surface area (Å²) in [5.74, 6) is -0.0100. The van der Waals surface area contributed by atoms with Crippen LogP contribution in [0.1, 0.15) is 18.9 Å². The van der Waals surface area contributed by atoms with Gasteiger partial charge in [-0.25, -0.2) is 0 Å². The van der Waals surface area contributed by atoms with E-state index < -0.39 is 0 Å². The first-order valence-corrected chi connectivity index (χ1v) is 7.49. The molecule has 4 nitrogen and oxygen atoms in total. The van der Waals surface area contributed by atoms with Crippen LogP contribution in [-0.2, 0) is 4.79 Å². The third kappa shape index (κ3) is 2.54. The molecule has 3 rings (SSSR count). The molecule has 2 heterocycles. The molecule has 21 heavy (non-hydrogen) atoms. The van der Waals surface area contributed by atoms with Crippen LogP contribution in [0.4, 0.5) is 5.69 Å². The van der Waals surface area contributed by atoms with Crippen LogP contribution in [0.25, 0.3) is 21.3 Å². The van der Waals surface area contributed by atoms with E-state index in [4.69, 9.17) is 5.26 Å². The number of carbonyl (C=O) groups excluding carboxylic acids is 1. The number of rotatable bonds is 3. The fourth-order valence-electron chi connectivity index (χ4n) is 2.16. The molecule has 1 aromatic carbocycles. The summed E-state index contributed by atoms with van der Waals surface area (Å²) >= 11 is 1.54. The number of hydrogen-bond acceptors (Lipinski definition) is 3. The van der Waals surface area contributed by atoms with Gasteiger partial charge in [0, 0.05) is 33.8 Å². The van der Waals surface area contributed by atoms with E-state index in [2.05, 4.69) is 16.4 Å². The van der Waals surface area contributed by atoms with E-state index in [9.17, 15) is 4.79 Å². The molecule has 0 aliphatic heterocycles. The predicted molar refractivity (Wildman–Crippen MR) is 85.2 cm³/mol. The molecule has 0 bridgehead atoms. The normalized spacial score (nSPS) is 10.5. The third-order valence-corrected chi connectivity index (χ3v) is 4.27. The molecule has 0 atom stereocenters. The van der Waals surface area contributed by atoms with E-state index in [-0.39, 0.29) is 5.91 Å². The Hall–Kier alpha value is -2.58. The Balaban J connectivity index is 2.04. The highest BCUT2D eigenvalue weighted by atomic mass is 32.1. The Kier molecular flexibility index (Phi) is 3.46. The van der Waals surface area contributed by atoms with Gasteiger partial charge in [0.25, 0.3) is 0 Å². The van der Waals surface area contributed by atoms with Gasteiger partial charge < -0.3 is 10.3 Å². The fraction of sp³-hybridized carbons (Fsp3) is 0.125. The summed E-state index contributed by atoms with van der Waals surface area (Å²) < 4.78 is 0. The second kappa shape index (κ2) is 5.43. The van der Waals surface area contributed by atoms with Gasteiger partial charge in [0.15, 0.2) is 0 Å². The largest absolute Gasteiger partial charge is 0.359 e. The number of nitriles is 1. The highest BCUT2D eigenvalue weighted by Gasteiger charge is 2.09. The Bertz CT molecular complexity index is 854. The molecule has 0 saturated heterocycles. The van der Waals surface area contributed by atoms with Crippen molar-refractivity contribution in [3.63, 3.8) is 0 Å². The minimum atomic E-state index is -0.0100. The number of fused-ring (bicyclic) bond motifs is 1. The summed E-state index contributed by atoms with van der Waals surface area (Å²) in [5, 5.41) is 14.6. The Morgan fingerprint density at radius 3 is 3.00 bits per heavy atom. The molecule has 3 aromatic rings. The number of carbonyl (C=O) groups is 1. The lowest BCUT2D eigenvalue weighted by molar-refractivity contribution is -0.115. The van der Waals surface area contributed by atoms with Crippen LogP contribution < -0.4 is 5.32 Å². The standard InChI is InChI=1S/C16H13N3OS/c1-2-16(20)19-14-8-18-13-4-3-11(6-12(13)14)15-5-10(7-17)9-21-15/h3-6,8-9,18H,2H2,1H3,(H,19,20).